The topological polar surface area (TPSA) is 15.3 Å². The fourth-order valence-corrected chi connectivity index (χ4v) is 2.54. The smallest absolute Gasteiger partial charge is 0.102 e. The highest BCUT2D eigenvalue weighted by atomic mass is 15.2. The van der Waals surface area contributed by atoms with Gasteiger partial charge >= 0.3 is 0 Å². The third-order valence-electron chi connectivity index (χ3n) is 3.54. The summed E-state index contributed by atoms with van der Waals surface area (Å²) in [6, 6.07) is 0. The van der Waals surface area contributed by atoms with Crippen LogP contribution in [0.1, 0.15) is 26.2 Å². The Hall–Kier alpha value is -1.18. The second kappa shape index (κ2) is 3.76. The molecule has 0 bridgehead atoms. The van der Waals surface area contributed by atoms with Gasteiger partial charge < -0.3 is 10.2 Å². The van der Waals surface area contributed by atoms with Crippen molar-refractivity contribution >= 4 is 0 Å². The molecule has 1 aliphatic heterocycles. The van der Waals surface area contributed by atoms with E-state index in [9.17, 15) is 0 Å². The summed E-state index contributed by atoms with van der Waals surface area (Å²) in [4.78, 5) is 2.05. The summed E-state index contributed by atoms with van der Waals surface area (Å²) in [6.45, 7) is 10.3. The third-order valence-corrected chi connectivity index (χ3v) is 3.54. The van der Waals surface area contributed by atoms with Gasteiger partial charge in [-0.15, -0.1) is 0 Å². The van der Waals surface area contributed by atoms with Gasteiger partial charge in [0.25, 0.3) is 0 Å². The predicted molar refractivity (Wildman–Crippen MR) is 63.8 cm³/mol. The molecule has 0 aromatic heterocycles. The monoisotopic (exact) mass is 204 g/mol. The molecule has 0 amide bonds. The normalized spacial score (nSPS) is 31.6. The maximum Gasteiger partial charge on any atom is 0.102 e. The number of nitrogens with zero attached hydrogens (tertiary/aromatic N) is 1. The minimum atomic E-state index is 0.690. The summed E-state index contributed by atoms with van der Waals surface area (Å²) >= 11 is 0. The quantitative estimate of drug-likeness (QED) is 0.706. The largest absolute Gasteiger partial charge is 0.342 e. The van der Waals surface area contributed by atoms with E-state index >= 15 is 0 Å². The van der Waals surface area contributed by atoms with Crippen LogP contribution in [0.15, 0.2) is 36.4 Å². The molecule has 0 radical (unpaired) electrons. The van der Waals surface area contributed by atoms with Crippen molar-refractivity contribution in [2.45, 2.75) is 26.2 Å². The Balaban J connectivity index is 2.17. The summed E-state index contributed by atoms with van der Waals surface area (Å²) in [7, 11) is 2.03. The van der Waals surface area contributed by atoms with E-state index in [0.29, 0.717) is 5.92 Å². The average molecular weight is 204 g/mol. The zero-order valence-corrected chi connectivity index (χ0v) is 9.71. The van der Waals surface area contributed by atoms with E-state index in [1.54, 1.807) is 0 Å². The van der Waals surface area contributed by atoms with Gasteiger partial charge in [0, 0.05) is 18.9 Å². The molecular formula is C13H20N2. The summed E-state index contributed by atoms with van der Waals surface area (Å²) in [5, 5.41) is 3.24. The number of hydrogen-bond donors (Lipinski definition) is 1. The van der Waals surface area contributed by atoms with Crippen LogP contribution in [0.25, 0.3) is 0 Å². The van der Waals surface area contributed by atoms with Crippen molar-refractivity contribution in [2.24, 2.45) is 11.8 Å². The molecule has 2 rings (SSSR count). The molecule has 1 heterocycles. The summed E-state index contributed by atoms with van der Waals surface area (Å²) < 4.78 is 0. The standard InChI is InChI=1S/C13H20N2/c1-9-5-6-12(7-9)13-8-15(4)11(3)14-10(13)2/h8-9,12,14H,2-3,5-7H2,1,4H3. The molecule has 0 aromatic rings. The lowest BCUT2D eigenvalue weighted by molar-refractivity contribution is 0.478. The van der Waals surface area contributed by atoms with Gasteiger partial charge in [0.2, 0.25) is 0 Å². The van der Waals surface area contributed by atoms with Gasteiger partial charge in [-0.3, -0.25) is 0 Å². The molecule has 1 N–H and O–H groups in total. The van der Waals surface area contributed by atoms with Gasteiger partial charge in [0.1, 0.15) is 5.82 Å². The Bertz CT molecular complexity index is 327. The first-order valence-corrected chi connectivity index (χ1v) is 5.67. The van der Waals surface area contributed by atoms with Crippen molar-refractivity contribution in [3.8, 4) is 0 Å². The second-order valence-corrected chi connectivity index (χ2v) is 4.86. The maximum atomic E-state index is 4.08. The molecule has 2 aliphatic rings. The van der Waals surface area contributed by atoms with E-state index in [2.05, 4.69) is 31.6 Å². The number of nitrogens with one attached hydrogen (secondary N) is 1. The molecule has 2 nitrogen and oxygen atoms in total. The van der Waals surface area contributed by atoms with E-state index < -0.39 is 0 Å². The van der Waals surface area contributed by atoms with Crippen LogP contribution in [0, 0.1) is 11.8 Å². The number of rotatable bonds is 1. The Labute approximate surface area is 92.3 Å². The zero-order chi connectivity index (χ0) is 11.0. The van der Waals surface area contributed by atoms with E-state index in [4.69, 9.17) is 0 Å². The van der Waals surface area contributed by atoms with Crippen molar-refractivity contribution in [3.05, 3.63) is 36.4 Å². The lowest BCUT2D eigenvalue weighted by Gasteiger charge is -2.30. The van der Waals surface area contributed by atoms with Crippen LogP contribution < -0.4 is 5.32 Å². The van der Waals surface area contributed by atoms with Gasteiger partial charge in [-0.1, -0.05) is 26.5 Å². The first kappa shape index (κ1) is 10.3. The number of hydrogen-bond acceptors (Lipinski definition) is 2. The summed E-state index contributed by atoms with van der Waals surface area (Å²) in [5.74, 6) is 2.46. The van der Waals surface area contributed by atoms with Gasteiger partial charge in [0.15, 0.2) is 0 Å². The summed E-state index contributed by atoms with van der Waals surface area (Å²) in [5.41, 5.74) is 2.41. The molecule has 0 saturated heterocycles. The first-order chi connectivity index (χ1) is 7.08. The molecule has 0 aromatic carbocycles. The molecule has 1 aliphatic carbocycles. The predicted octanol–water partition coefficient (Wildman–Crippen LogP) is 2.83. The highest BCUT2D eigenvalue weighted by molar-refractivity contribution is 5.35. The fourth-order valence-electron chi connectivity index (χ4n) is 2.54. The average Bonchev–Trinajstić information content (AvgIpc) is 2.58. The molecule has 15 heavy (non-hydrogen) atoms. The maximum absolute atomic E-state index is 4.08. The molecule has 2 heteroatoms. The van der Waals surface area contributed by atoms with E-state index in [0.717, 1.165) is 17.4 Å². The Morgan fingerprint density at radius 3 is 2.73 bits per heavy atom. The highest BCUT2D eigenvalue weighted by Gasteiger charge is 2.28. The molecule has 1 saturated carbocycles. The van der Waals surface area contributed by atoms with Crippen molar-refractivity contribution in [3.63, 3.8) is 0 Å². The Kier molecular flexibility index (Phi) is 2.59. The minimum absolute atomic E-state index is 0.690. The van der Waals surface area contributed by atoms with Gasteiger partial charge in [0.05, 0.1) is 0 Å². The first-order valence-electron chi connectivity index (χ1n) is 5.67. The summed E-state index contributed by atoms with van der Waals surface area (Å²) in [6.07, 6.45) is 6.13. The molecule has 0 spiro atoms. The van der Waals surface area contributed by atoms with Gasteiger partial charge in [-0.05, 0) is 30.3 Å². The highest BCUT2D eigenvalue weighted by Crippen LogP contribution is 2.38. The zero-order valence-electron chi connectivity index (χ0n) is 9.71. The van der Waals surface area contributed by atoms with E-state index in [1.165, 1.54) is 24.8 Å². The van der Waals surface area contributed by atoms with Crippen LogP contribution in [0.3, 0.4) is 0 Å². The molecule has 82 valence electrons. The minimum Gasteiger partial charge on any atom is -0.342 e. The fraction of sp³-hybridized carbons (Fsp3) is 0.538. The van der Waals surface area contributed by atoms with Crippen molar-refractivity contribution in [1.82, 2.24) is 10.2 Å². The number of allylic oxidation sites excluding steroid dienone is 1. The molecule has 2 unspecified atom stereocenters. The van der Waals surface area contributed by atoms with Crippen molar-refractivity contribution in [2.75, 3.05) is 7.05 Å². The van der Waals surface area contributed by atoms with Gasteiger partial charge in [-0.2, -0.15) is 0 Å². The van der Waals surface area contributed by atoms with Crippen LogP contribution in [-0.4, -0.2) is 11.9 Å². The van der Waals surface area contributed by atoms with Crippen LogP contribution >= 0.6 is 0 Å². The third kappa shape index (κ3) is 1.94. The SMILES string of the molecule is C=C1NC(=C)N(C)C=C1C1CCC(C)C1. The Morgan fingerprint density at radius 1 is 1.40 bits per heavy atom. The van der Waals surface area contributed by atoms with Crippen LogP contribution in [0.5, 0.6) is 0 Å². The van der Waals surface area contributed by atoms with Crippen LogP contribution in [-0.2, 0) is 0 Å². The van der Waals surface area contributed by atoms with Crippen molar-refractivity contribution in [1.29, 1.82) is 0 Å². The Morgan fingerprint density at radius 2 is 2.13 bits per heavy atom. The molecule has 2 atom stereocenters. The molecule has 1 fully saturated rings. The van der Waals surface area contributed by atoms with Gasteiger partial charge in [-0.25, -0.2) is 0 Å². The van der Waals surface area contributed by atoms with Crippen LogP contribution in [0.4, 0.5) is 0 Å². The lowest BCUT2D eigenvalue weighted by atomic mass is 9.94. The molecular weight excluding hydrogens is 184 g/mol. The van der Waals surface area contributed by atoms with Crippen LogP contribution in [0.2, 0.25) is 0 Å². The second-order valence-electron chi connectivity index (χ2n) is 4.86. The van der Waals surface area contributed by atoms with Crippen molar-refractivity contribution < 1.29 is 0 Å². The van der Waals surface area contributed by atoms with E-state index in [1.807, 2.05) is 11.9 Å². The lowest BCUT2D eigenvalue weighted by Crippen LogP contribution is -2.31. The van der Waals surface area contributed by atoms with E-state index in [-0.39, 0.29) is 0 Å².